The van der Waals surface area contributed by atoms with Gasteiger partial charge >= 0.3 is 113 Å². The normalized spacial score (nSPS) is 62.1. The molecule has 1 spiro atoms. The number of hydrogen-bond acceptors (Lipinski definition) is 2. The minimum absolute atomic E-state index is 0.151. The Kier molecular flexibility index (Phi) is 2.32. The molecule has 4 heteroatoms. The van der Waals surface area contributed by atoms with E-state index in [9.17, 15) is 5.11 Å². The standard InChI is InChI=1S/C12H17O2.ClH.Hg/c13-8-5-11-3-1-2-4-12(11)6-9(8)14-10(12)7-11;;/h7-10,13H,1-6H2;1H;/q;;+1/p-1. The molecular weight excluding hydrogens is 412 g/mol. The van der Waals surface area contributed by atoms with E-state index in [2.05, 4.69) is 0 Å². The van der Waals surface area contributed by atoms with Gasteiger partial charge in [-0.15, -0.1) is 0 Å². The second-order valence-electron chi connectivity index (χ2n) is 6.35. The predicted octanol–water partition coefficient (Wildman–Crippen LogP) is 2.49. The average Bonchev–Trinajstić information content (AvgIpc) is 2.47. The molecule has 6 unspecified atom stereocenters. The van der Waals surface area contributed by atoms with Gasteiger partial charge in [0.05, 0.1) is 0 Å². The Morgan fingerprint density at radius 1 is 1.19 bits per heavy atom. The van der Waals surface area contributed by atoms with Gasteiger partial charge in [0.1, 0.15) is 0 Å². The zero-order valence-electron chi connectivity index (χ0n) is 9.49. The molecular formula is C12H17ClHgO2. The third-order valence-corrected chi connectivity index (χ3v) is 15.1. The van der Waals surface area contributed by atoms with Crippen LogP contribution in [0, 0.1) is 10.8 Å². The van der Waals surface area contributed by atoms with Crippen LogP contribution in [0.25, 0.3) is 0 Å². The SMILES string of the molecule is OC1CC23CCCCC24CC1OC4[CH]3[Hg][Cl]. The summed E-state index contributed by atoms with van der Waals surface area (Å²) in [5.74, 6) is 0. The summed E-state index contributed by atoms with van der Waals surface area (Å²) < 4.78 is 6.88. The molecule has 6 atom stereocenters. The van der Waals surface area contributed by atoms with Crippen LogP contribution in [0.1, 0.15) is 38.5 Å². The van der Waals surface area contributed by atoms with Crippen LogP contribution in [0.2, 0.25) is 3.43 Å². The number of ether oxygens (including phenoxy) is 1. The van der Waals surface area contributed by atoms with Crippen molar-refractivity contribution in [2.75, 3.05) is 0 Å². The average molecular weight is 429 g/mol. The number of halogens is 1. The Balaban J connectivity index is 1.81. The van der Waals surface area contributed by atoms with E-state index in [0.717, 1.165) is 16.3 Å². The summed E-state index contributed by atoms with van der Waals surface area (Å²) in [4.78, 5) is 0. The van der Waals surface area contributed by atoms with Crippen LogP contribution in [0.15, 0.2) is 0 Å². The molecule has 1 N–H and O–H groups in total. The summed E-state index contributed by atoms with van der Waals surface area (Å²) in [6.07, 6.45) is 7.97. The molecule has 0 radical (unpaired) electrons. The third-order valence-electron chi connectivity index (χ3n) is 6.16. The second kappa shape index (κ2) is 3.37. The number of fused-ring (bicyclic) bond motifs is 1. The van der Waals surface area contributed by atoms with E-state index in [1.54, 1.807) is 0 Å². The number of aliphatic hydroxyl groups excluding tert-OH is 1. The van der Waals surface area contributed by atoms with Crippen molar-refractivity contribution in [1.82, 2.24) is 0 Å². The van der Waals surface area contributed by atoms with Gasteiger partial charge in [-0.05, 0) is 0 Å². The topological polar surface area (TPSA) is 29.5 Å². The van der Waals surface area contributed by atoms with Crippen molar-refractivity contribution in [3.05, 3.63) is 0 Å². The van der Waals surface area contributed by atoms with Crippen LogP contribution >= 0.6 is 8.25 Å². The van der Waals surface area contributed by atoms with Gasteiger partial charge in [-0.2, -0.15) is 0 Å². The zero-order valence-corrected chi connectivity index (χ0v) is 15.7. The fourth-order valence-corrected chi connectivity index (χ4v) is 16.6. The number of hydrogen-bond donors (Lipinski definition) is 1. The number of rotatable bonds is 1. The first-order chi connectivity index (χ1) is 7.73. The molecule has 3 saturated carbocycles. The van der Waals surface area contributed by atoms with E-state index < -0.39 is 23.3 Å². The van der Waals surface area contributed by atoms with Gasteiger partial charge in [0.25, 0.3) is 0 Å². The van der Waals surface area contributed by atoms with Crippen LogP contribution in [0.4, 0.5) is 0 Å². The zero-order chi connectivity index (χ0) is 11.0. The van der Waals surface area contributed by atoms with Crippen LogP contribution in [-0.2, 0) is 28.1 Å². The monoisotopic (exact) mass is 430 g/mol. The first kappa shape index (κ1) is 11.0. The van der Waals surface area contributed by atoms with Gasteiger partial charge < -0.3 is 0 Å². The fraction of sp³-hybridized carbons (Fsp3) is 1.00. The molecule has 86 valence electrons. The maximum atomic E-state index is 10.2. The summed E-state index contributed by atoms with van der Waals surface area (Å²) in [6, 6.07) is 0. The molecule has 2 nitrogen and oxygen atoms in total. The third kappa shape index (κ3) is 0.996. The predicted molar refractivity (Wildman–Crippen MR) is 56.8 cm³/mol. The van der Waals surface area contributed by atoms with E-state index >= 15 is 0 Å². The summed E-state index contributed by atoms with van der Waals surface area (Å²) in [5, 5.41) is 10.2. The molecule has 16 heavy (non-hydrogen) atoms. The van der Waals surface area contributed by atoms with Crippen molar-refractivity contribution in [3.8, 4) is 0 Å². The molecule has 0 aromatic heterocycles. The first-order valence-corrected chi connectivity index (χ1v) is 16.6. The van der Waals surface area contributed by atoms with Crippen molar-refractivity contribution in [3.63, 3.8) is 0 Å². The van der Waals surface area contributed by atoms with Crippen molar-refractivity contribution >= 4 is 8.25 Å². The fourth-order valence-electron chi connectivity index (χ4n) is 5.60. The van der Waals surface area contributed by atoms with Gasteiger partial charge in [-0.1, -0.05) is 0 Å². The van der Waals surface area contributed by atoms with Crippen molar-refractivity contribution < 1.29 is 33.2 Å². The van der Waals surface area contributed by atoms with Gasteiger partial charge in [0.2, 0.25) is 0 Å². The molecule has 0 aromatic rings. The van der Waals surface area contributed by atoms with Gasteiger partial charge in [-0.25, -0.2) is 0 Å². The molecule has 1 aliphatic heterocycles. The Hall–Kier alpha value is 1.15. The van der Waals surface area contributed by atoms with Crippen LogP contribution < -0.4 is 0 Å². The van der Waals surface area contributed by atoms with E-state index in [1.165, 1.54) is 25.7 Å². The number of aliphatic hydroxyl groups is 1. The van der Waals surface area contributed by atoms with Crippen LogP contribution in [0.3, 0.4) is 0 Å². The molecule has 1 heterocycles. The molecule has 4 rings (SSSR count). The summed E-state index contributed by atoms with van der Waals surface area (Å²) >= 11 is -1.27. The molecule has 1 saturated heterocycles. The van der Waals surface area contributed by atoms with E-state index in [-0.39, 0.29) is 12.2 Å². The van der Waals surface area contributed by atoms with Gasteiger partial charge in [0.15, 0.2) is 0 Å². The van der Waals surface area contributed by atoms with Crippen molar-refractivity contribution in [1.29, 1.82) is 0 Å². The van der Waals surface area contributed by atoms with E-state index in [4.69, 9.17) is 13.0 Å². The molecule has 3 aliphatic carbocycles. The summed E-state index contributed by atoms with van der Waals surface area (Å²) in [5.41, 5.74) is 0.903. The van der Waals surface area contributed by atoms with Crippen LogP contribution in [-0.4, -0.2) is 23.4 Å². The van der Waals surface area contributed by atoms with Gasteiger partial charge in [-0.3, -0.25) is 0 Å². The van der Waals surface area contributed by atoms with E-state index in [0.29, 0.717) is 16.9 Å². The molecule has 4 aliphatic rings. The first-order valence-electron chi connectivity index (χ1n) is 6.63. The van der Waals surface area contributed by atoms with Crippen molar-refractivity contribution in [2.45, 2.75) is 60.3 Å². The summed E-state index contributed by atoms with van der Waals surface area (Å²) in [6.45, 7) is 0. The molecule has 0 amide bonds. The Labute approximate surface area is 112 Å². The van der Waals surface area contributed by atoms with Gasteiger partial charge in [0, 0.05) is 0 Å². The second-order valence-corrected chi connectivity index (χ2v) is 13.7. The maximum absolute atomic E-state index is 10.2. The summed E-state index contributed by atoms with van der Waals surface area (Å²) in [7, 11) is 6.38. The van der Waals surface area contributed by atoms with Crippen molar-refractivity contribution in [2.24, 2.45) is 10.8 Å². The van der Waals surface area contributed by atoms with Crippen LogP contribution in [0.5, 0.6) is 0 Å². The Bertz CT molecular complexity index is 339. The quantitative estimate of drug-likeness (QED) is 0.650. The Morgan fingerprint density at radius 3 is 2.69 bits per heavy atom. The Morgan fingerprint density at radius 2 is 1.94 bits per heavy atom. The molecule has 2 bridgehead atoms. The van der Waals surface area contributed by atoms with E-state index in [1.807, 2.05) is 0 Å². The minimum atomic E-state index is -1.27. The molecule has 0 aromatic carbocycles. The molecule has 4 fully saturated rings.